The third-order valence-corrected chi connectivity index (χ3v) is 5.56. The van der Waals surface area contributed by atoms with Gasteiger partial charge in [0.05, 0.1) is 0 Å². The summed E-state index contributed by atoms with van der Waals surface area (Å²) in [6.07, 6.45) is 8.79. The van der Waals surface area contributed by atoms with Crippen LogP contribution in [0.25, 0.3) is 0 Å². The molecule has 1 saturated heterocycles. The molecule has 2 rings (SSSR count). The second-order valence-corrected chi connectivity index (χ2v) is 5.98. The molecule has 0 aromatic heterocycles. The lowest BCUT2D eigenvalue weighted by molar-refractivity contribution is -0.114. The molecule has 0 bridgehead atoms. The predicted octanol–water partition coefficient (Wildman–Crippen LogP) is 1.69. The van der Waals surface area contributed by atoms with Gasteiger partial charge in [0.2, 0.25) is 5.78 Å². The van der Waals surface area contributed by atoms with Crippen molar-refractivity contribution in [1.29, 1.82) is 0 Å². The van der Waals surface area contributed by atoms with Crippen LogP contribution in [0.1, 0.15) is 25.7 Å². The normalized spacial score (nSPS) is 31.3. The van der Waals surface area contributed by atoms with Crippen molar-refractivity contribution in [1.82, 2.24) is 0 Å². The number of hydrogen-bond acceptors (Lipinski definition) is 1. The van der Waals surface area contributed by atoms with Crippen LogP contribution < -0.4 is 0 Å². The van der Waals surface area contributed by atoms with Crippen LogP contribution in [0.15, 0.2) is 12.2 Å². The summed E-state index contributed by atoms with van der Waals surface area (Å²) in [5, 5.41) is 0.414. The van der Waals surface area contributed by atoms with Crippen molar-refractivity contribution in [2.24, 2.45) is 0 Å². The molecule has 0 N–H and O–H groups in total. The zero-order valence-corrected chi connectivity index (χ0v) is 8.11. The molecule has 0 amide bonds. The molecular formula is C10H15OS+. The summed E-state index contributed by atoms with van der Waals surface area (Å²) in [5.74, 6) is 3.06. The Morgan fingerprint density at radius 1 is 1.33 bits per heavy atom. The SMILES string of the molecule is O=C1C=CCCC1[S+]1CCCC1. The average molecular weight is 183 g/mol. The number of hydrogen-bond donors (Lipinski definition) is 0. The van der Waals surface area contributed by atoms with E-state index in [4.69, 9.17) is 0 Å². The van der Waals surface area contributed by atoms with E-state index in [-0.39, 0.29) is 0 Å². The Bertz CT molecular complexity index is 204. The smallest absolute Gasteiger partial charge is 0.207 e. The molecule has 0 radical (unpaired) electrons. The lowest BCUT2D eigenvalue weighted by Gasteiger charge is -2.14. The van der Waals surface area contributed by atoms with E-state index in [2.05, 4.69) is 0 Å². The summed E-state index contributed by atoms with van der Waals surface area (Å²) in [7, 11) is 0.455. The maximum atomic E-state index is 11.5. The van der Waals surface area contributed by atoms with E-state index < -0.39 is 0 Å². The van der Waals surface area contributed by atoms with E-state index in [0.29, 0.717) is 21.9 Å². The number of ketones is 1. The molecule has 1 unspecified atom stereocenters. The highest BCUT2D eigenvalue weighted by Crippen LogP contribution is 2.24. The maximum Gasteiger partial charge on any atom is 0.207 e. The molecule has 66 valence electrons. The van der Waals surface area contributed by atoms with Crippen LogP contribution in [-0.2, 0) is 15.7 Å². The first kappa shape index (κ1) is 8.36. The van der Waals surface area contributed by atoms with Gasteiger partial charge in [-0.3, -0.25) is 4.79 Å². The molecule has 1 nitrogen and oxygen atoms in total. The van der Waals surface area contributed by atoms with Crippen LogP contribution in [0.4, 0.5) is 0 Å². The maximum absolute atomic E-state index is 11.5. The molecule has 1 fully saturated rings. The highest BCUT2D eigenvalue weighted by Gasteiger charge is 2.38. The summed E-state index contributed by atoms with van der Waals surface area (Å²) in [6.45, 7) is 0. The minimum Gasteiger partial charge on any atom is -0.289 e. The summed E-state index contributed by atoms with van der Waals surface area (Å²) >= 11 is 0. The fourth-order valence-electron chi connectivity index (χ4n) is 1.99. The van der Waals surface area contributed by atoms with Gasteiger partial charge in [-0.1, -0.05) is 6.08 Å². The molecule has 1 aliphatic heterocycles. The molecule has 1 atom stereocenters. The van der Waals surface area contributed by atoms with Gasteiger partial charge in [0, 0.05) is 6.42 Å². The number of carbonyl (C=O) groups is 1. The van der Waals surface area contributed by atoms with Gasteiger partial charge in [0.25, 0.3) is 0 Å². The van der Waals surface area contributed by atoms with E-state index in [0.717, 1.165) is 12.8 Å². The number of allylic oxidation sites excluding steroid dienone is 2. The van der Waals surface area contributed by atoms with Crippen LogP contribution >= 0.6 is 0 Å². The van der Waals surface area contributed by atoms with Crippen molar-refractivity contribution in [3.05, 3.63) is 12.2 Å². The molecule has 12 heavy (non-hydrogen) atoms. The molecule has 1 aliphatic carbocycles. The summed E-state index contributed by atoms with van der Waals surface area (Å²) in [4.78, 5) is 11.5. The van der Waals surface area contributed by atoms with Crippen LogP contribution in [-0.4, -0.2) is 22.5 Å². The van der Waals surface area contributed by atoms with Crippen molar-refractivity contribution < 1.29 is 4.79 Å². The van der Waals surface area contributed by atoms with Gasteiger partial charge in [-0.15, -0.1) is 0 Å². The largest absolute Gasteiger partial charge is 0.289 e. The molecule has 2 aliphatic rings. The van der Waals surface area contributed by atoms with Gasteiger partial charge < -0.3 is 0 Å². The number of carbonyl (C=O) groups excluding carboxylic acids is 1. The van der Waals surface area contributed by atoms with E-state index >= 15 is 0 Å². The van der Waals surface area contributed by atoms with Crippen molar-refractivity contribution in [2.45, 2.75) is 30.9 Å². The van der Waals surface area contributed by atoms with Crippen LogP contribution in [0.3, 0.4) is 0 Å². The quantitative estimate of drug-likeness (QED) is 0.565. The Balaban J connectivity index is 2.02. The highest BCUT2D eigenvalue weighted by atomic mass is 32.2. The topological polar surface area (TPSA) is 17.1 Å². The third kappa shape index (κ3) is 1.58. The van der Waals surface area contributed by atoms with Crippen molar-refractivity contribution in [2.75, 3.05) is 11.5 Å². The van der Waals surface area contributed by atoms with Gasteiger partial charge in [-0.05, 0) is 36.2 Å². The first-order chi connectivity index (χ1) is 5.88. The Morgan fingerprint density at radius 2 is 2.08 bits per heavy atom. The van der Waals surface area contributed by atoms with Gasteiger partial charge >= 0.3 is 0 Å². The zero-order chi connectivity index (χ0) is 8.39. The van der Waals surface area contributed by atoms with E-state index in [1.807, 2.05) is 6.08 Å². The van der Waals surface area contributed by atoms with Crippen molar-refractivity contribution in [3.8, 4) is 0 Å². The second-order valence-electron chi connectivity index (χ2n) is 3.52. The van der Waals surface area contributed by atoms with Gasteiger partial charge in [0.1, 0.15) is 11.5 Å². The highest BCUT2D eigenvalue weighted by molar-refractivity contribution is 7.98. The first-order valence-electron chi connectivity index (χ1n) is 4.74. The lowest BCUT2D eigenvalue weighted by atomic mass is 10.1. The fourth-order valence-corrected chi connectivity index (χ4v) is 4.79. The summed E-state index contributed by atoms with van der Waals surface area (Å²) < 4.78 is 0. The van der Waals surface area contributed by atoms with E-state index in [1.165, 1.54) is 24.3 Å². The molecule has 0 aromatic carbocycles. The minimum atomic E-state index is 0.409. The Hall–Kier alpha value is -0.240. The van der Waals surface area contributed by atoms with Crippen molar-refractivity contribution >= 4 is 16.7 Å². The Kier molecular flexibility index (Phi) is 2.54. The monoisotopic (exact) mass is 183 g/mol. The Labute approximate surface area is 76.6 Å². The molecule has 2 heteroatoms. The minimum absolute atomic E-state index is 0.409. The van der Waals surface area contributed by atoms with E-state index in [1.54, 1.807) is 6.08 Å². The lowest BCUT2D eigenvalue weighted by Crippen LogP contribution is -2.32. The van der Waals surface area contributed by atoms with Crippen LogP contribution in [0.2, 0.25) is 0 Å². The average Bonchev–Trinajstić information content (AvgIpc) is 2.57. The van der Waals surface area contributed by atoms with Gasteiger partial charge in [-0.25, -0.2) is 0 Å². The number of rotatable bonds is 1. The molecule has 0 aromatic rings. The standard InChI is InChI=1S/C10H15OS/c11-9-5-1-2-6-10(9)12-7-3-4-8-12/h1,5,10H,2-4,6-8H2/q+1. The molecule has 1 heterocycles. The molecule has 0 saturated carbocycles. The Morgan fingerprint density at radius 3 is 2.75 bits per heavy atom. The predicted molar refractivity (Wildman–Crippen MR) is 53.5 cm³/mol. The zero-order valence-electron chi connectivity index (χ0n) is 7.29. The first-order valence-corrected chi connectivity index (χ1v) is 6.37. The van der Waals surface area contributed by atoms with Crippen LogP contribution in [0, 0.1) is 0 Å². The van der Waals surface area contributed by atoms with Crippen molar-refractivity contribution in [3.63, 3.8) is 0 Å². The fraction of sp³-hybridized carbons (Fsp3) is 0.700. The summed E-state index contributed by atoms with van der Waals surface area (Å²) in [5.41, 5.74) is 0. The van der Waals surface area contributed by atoms with E-state index in [9.17, 15) is 4.79 Å². The molecule has 0 spiro atoms. The summed E-state index contributed by atoms with van der Waals surface area (Å²) in [6, 6.07) is 0. The third-order valence-electron chi connectivity index (χ3n) is 2.66. The van der Waals surface area contributed by atoms with Crippen LogP contribution in [0.5, 0.6) is 0 Å². The van der Waals surface area contributed by atoms with Gasteiger partial charge in [0.15, 0.2) is 5.25 Å². The van der Waals surface area contributed by atoms with Gasteiger partial charge in [-0.2, -0.15) is 0 Å². The second kappa shape index (κ2) is 3.65. The molecular weight excluding hydrogens is 168 g/mol.